The Morgan fingerprint density at radius 2 is 2.25 bits per heavy atom. The number of rotatable bonds is 1. The first-order valence-corrected chi connectivity index (χ1v) is 5.93. The van der Waals surface area contributed by atoms with Crippen LogP contribution in [0.4, 0.5) is 0 Å². The van der Waals surface area contributed by atoms with E-state index in [9.17, 15) is 0 Å². The molecule has 0 N–H and O–H groups in total. The number of methoxy groups -OCH3 is 1. The topological polar surface area (TPSA) is 33.0 Å². The number of nitriles is 1. The van der Waals surface area contributed by atoms with Crippen molar-refractivity contribution in [1.29, 1.82) is 5.26 Å². The lowest BCUT2D eigenvalue weighted by atomic mass is 10.0. The zero-order chi connectivity index (χ0) is 11.7. The highest BCUT2D eigenvalue weighted by Gasteiger charge is 2.22. The number of ether oxygens (including phenoxy) is 1. The fraction of sp³-hybridized carbons (Fsp3) is 0.308. The second-order valence-corrected chi connectivity index (χ2v) is 4.67. The number of hydrogen-bond acceptors (Lipinski definition) is 2. The van der Waals surface area contributed by atoms with Crippen LogP contribution in [-0.2, 0) is 6.42 Å². The Morgan fingerprint density at radius 1 is 1.50 bits per heavy atom. The highest BCUT2D eigenvalue weighted by molar-refractivity contribution is 9.10. The first-order valence-electron chi connectivity index (χ1n) is 5.14. The molecule has 1 aromatic rings. The molecule has 0 bridgehead atoms. The Kier molecular flexibility index (Phi) is 3.02. The van der Waals surface area contributed by atoms with Gasteiger partial charge in [0, 0.05) is 6.08 Å². The van der Waals surface area contributed by atoms with Crippen LogP contribution < -0.4 is 4.74 Å². The third-order valence-corrected chi connectivity index (χ3v) is 3.67. The number of benzene rings is 1. The van der Waals surface area contributed by atoms with Crippen LogP contribution in [0.1, 0.15) is 23.1 Å². The summed E-state index contributed by atoms with van der Waals surface area (Å²) in [6.45, 7) is 2.04. The summed E-state index contributed by atoms with van der Waals surface area (Å²) in [5, 5.41) is 8.75. The molecular weight excluding hydrogens is 266 g/mol. The maximum absolute atomic E-state index is 8.75. The van der Waals surface area contributed by atoms with Crippen molar-refractivity contribution in [3.8, 4) is 11.8 Å². The minimum absolute atomic E-state index is 0.865. The average Bonchev–Trinajstić information content (AvgIpc) is 2.62. The van der Waals surface area contributed by atoms with Crippen LogP contribution in [0.25, 0.3) is 5.57 Å². The van der Waals surface area contributed by atoms with Gasteiger partial charge >= 0.3 is 0 Å². The SMILES string of the molecule is COc1c(C)cc2c(c1Br)/C(=C\C#N)CC2. The van der Waals surface area contributed by atoms with Crippen molar-refractivity contribution in [2.45, 2.75) is 19.8 Å². The lowest BCUT2D eigenvalue weighted by Crippen LogP contribution is -1.94. The van der Waals surface area contributed by atoms with E-state index in [2.05, 4.69) is 28.1 Å². The molecule has 0 aliphatic heterocycles. The Hall–Kier alpha value is -1.27. The van der Waals surface area contributed by atoms with E-state index in [0.29, 0.717) is 0 Å². The summed E-state index contributed by atoms with van der Waals surface area (Å²) in [6.07, 6.45) is 3.58. The molecule has 2 rings (SSSR count). The van der Waals surface area contributed by atoms with Crippen LogP contribution in [0.3, 0.4) is 0 Å². The van der Waals surface area contributed by atoms with Gasteiger partial charge in [0.15, 0.2) is 0 Å². The number of hydrogen-bond donors (Lipinski definition) is 0. The van der Waals surface area contributed by atoms with Crippen LogP contribution in [0.15, 0.2) is 16.6 Å². The van der Waals surface area contributed by atoms with Crippen LogP contribution >= 0.6 is 15.9 Å². The first kappa shape index (κ1) is 11.2. The van der Waals surface area contributed by atoms with Gasteiger partial charge in [-0.2, -0.15) is 5.26 Å². The number of aryl methyl sites for hydroxylation is 2. The molecule has 0 saturated heterocycles. The predicted molar refractivity (Wildman–Crippen MR) is 67.3 cm³/mol. The zero-order valence-corrected chi connectivity index (χ0v) is 10.9. The Morgan fingerprint density at radius 3 is 2.88 bits per heavy atom. The number of fused-ring (bicyclic) bond motifs is 1. The van der Waals surface area contributed by atoms with Gasteiger partial charge in [-0.3, -0.25) is 0 Å². The van der Waals surface area contributed by atoms with Crippen molar-refractivity contribution in [2.24, 2.45) is 0 Å². The molecule has 1 aliphatic carbocycles. The smallest absolute Gasteiger partial charge is 0.136 e. The van der Waals surface area contributed by atoms with E-state index in [1.807, 2.05) is 6.92 Å². The molecule has 0 fully saturated rings. The molecule has 2 nitrogen and oxygen atoms in total. The van der Waals surface area contributed by atoms with E-state index in [4.69, 9.17) is 10.00 Å². The fourth-order valence-corrected chi connectivity index (χ4v) is 3.22. The second-order valence-electron chi connectivity index (χ2n) is 3.87. The zero-order valence-electron chi connectivity index (χ0n) is 9.30. The van der Waals surface area contributed by atoms with E-state index < -0.39 is 0 Å². The van der Waals surface area contributed by atoms with E-state index in [1.54, 1.807) is 13.2 Å². The molecule has 0 spiro atoms. The van der Waals surface area contributed by atoms with Gasteiger partial charge in [-0.25, -0.2) is 0 Å². The highest BCUT2D eigenvalue weighted by Crippen LogP contribution is 2.43. The van der Waals surface area contributed by atoms with Crippen LogP contribution in [-0.4, -0.2) is 7.11 Å². The summed E-state index contributed by atoms with van der Waals surface area (Å²) in [5.74, 6) is 0.865. The molecule has 0 radical (unpaired) electrons. The highest BCUT2D eigenvalue weighted by atomic mass is 79.9. The average molecular weight is 278 g/mol. The van der Waals surface area contributed by atoms with Crippen molar-refractivity contribution in [3.05, 3.63) is 33.3 Å². The second kappa shape index (κ2) is 4.31. The van der Waals surface area contributed by atoms with Crippen molar-refractivity contribution < 1.29 is 4.74 Å². The van der Waals surface area contributed by atoms with Gasteiger partial charge in [0.05, 0.1) is 17.7 Å². The minimum atomic E-state index is 0.865. The summed E-state index contributed by atoms with van der Waals surface area (Å²) in [6, 6.07) is 4.26. The third-order valence-electron chi connectivity index (χ3n) is 2.92. The van der Waals surface area contributed by atoms with Crippen molar-refractivity contribution >= 4 is 21.5 Å². The summed E-state index contributed by atoms with van der Waals surface area (Å²) in [7, 11) is 1.67. The largest absolute Gasteiger partial charge is 0.495 e. The van der Waals surface area contributed by atoms with E-state index in [-0.39, 0.29) is 0 Å². The van der Waals surface area contributed by atoms with Gasteiger partial charge in [0.2, 0.25) is 0 Å². The molecule has 0 aromatic heterocycles. The van der Waals surface area contributed by atoms with Gasteiger partial charge in [0.25, 0.3) is 0 Å². The van der Waals surface area contributed by atoms with Crippen LogP contribution in [0.2, 0.25) is 0 Å². The lowest BCUT2D eigenvalue weighted by molar-refractivity contribution is 0.409. The van der Waals surface area contributed by atoms with Gasteiger partial charge in [-0.1, -0.05) is 6.07 Å². The molecule has 1 aromatic carbocycles. The molecule has 82 valence electrons. The van der Waals surface area contributed by atoms with Gasteiger partial charge in [-0.15, -0.1) is 0 Å². The predicted octanol–water partition coefficient (Wildman–Crippen LogP) is 3.62. The fourth-order valence-electron chi connectivity index (χ4n) is 2.24. The molecule has 0 amide bonds. The monoisotopic (exact) mass is 277 g/mol. The molecule has 3 heteroatoms. The first-order chi connectivity index (χ1) is 7.69. The molecular formula is C13H12BrNO. The lowest BCUT2D eigenvalue weighted by Gasteiger charge is -2.12. The number of nitrogens with zero attached hydrogens (tertiary/aromatic N) is 1. The van der Waals surface area contributed by atoms with Crippen molar-refractivity contribution in [1.82, 2.24) is 0 Å². The molecule has 1 aliphatic rings. The van der Waals surface area contributed by atoms with Crippen LogP contribution in [0, 0.1) is 18.3 Å². The Bertz CT molecular complexity index is 512. The normalized spacial score (nSPS) is 16.0. The van der Waals surface area contributed by atoms with E-state index >= 15 is 0 Å². The van der Waals surface area contributed by atoms with Gasteiger partial charge in [-0.05, 0) is 58.0 Å². The van der Waals surface area contributed by atoms with E-state index in [1.165, 1.54) is 5.56 Å². The van der Waals surface area contributed by atoms with Crippen molar-refractivity contribution in [3.63, 3.8) is 0 Å². The quantitative estimate of drug-likeness (QED) is 0.735. The Labute approximate surface area is 104 Å². The van der Waals surface area contributed by atoms with Crippen molar-refractivity contribution in [2.75, 3.05) is 7.11 Å². The molecule has 0 heterocycles. The molecule has 0 unspecified atom stereocenters. The third kappa shape index (κ3) is 1.64. The van der Waals surface area contributed by atoms with Gasteiger partial charge < -0.3 is 4.74 Å². The molecule has 0 atom stereocenters. The minimum Gasteiger partial charge on any atom is -0.495 e. The standard InChI is InChI=1S/C13H12BrNO/c1-8-7-10-4-3-9(5-6-15)11(10)12(14)13(8)16-2/h5,7H,3-4H2,1-2H3/b9-5-. The Balaban J connectivity index is 2.68. The van der Waals surface area contributed by atoms with Crippen LogP contribution in [0.5, 0.6) is 5.75 Å². The van der Waals surface area contributed by atoms with E-state index in [0.717, 1.165) is 39.8 Å². The summed E-state index contributed by atoms with van der Waals surface area (Å²) >= 11 is 3.58. The summed E-state index contributed by atoms with van der Waals surface area (Å²) < 4.78 is 6.35. The van der Waals surface area contributed by atoms with Gasteiger partial charge in [0.1, 0.15) is 5.75 Å². The summed E-state index contributed by atoms with van der Waals surface area (Å²) in [4.78, 5) is 0. The maximum atomic E-state index is 8.75. The maximum Gasteiger partial charge on any atom is 0.136 e. The number of halogens is 1. The molecule has 16 heavy (non-hydrogen) atoms. The summed E-state index contributed by atoms with van der Waals surface area (Å²) in [5.41, 5.74) is 4.67. The number of allylic oxidation sites excluding steroid dienone is 2. The molecule has 0 saturated carbocycles.